The van der Waals surface area contributed by atoms with Crippen LogP contribution < -0.4 is 0 Å². The van der Waals surface area contributed by atoms with E-state index >= 15 is 0 Å². The zero-order valence-corrected chi connectivity index (χ0v) is 13.9. The van der Waals surface area contributed by atoms with E-state index in [1.165, 1.54) is 21.9 Å². The van der Waals surface area contributed by atoms with Crippen molar-refractivity contribution in [2.75, 3.05) is 20.1 Å². The highest BCUT2D eigenvalue weighted by Gasteiger charge is 2.14. The molecular formula is C19H25F2N. The molecule has 0 saturated carbocycles. The number of benzene rings is 2. The summed E-state index contributed by atoms with van der Waals surface area (Å²) < 4.78 is 24.7. The molecule has 0 bridgehead atoms. The molecule has 0 aliphatic rings. The van der Waals surface area contributed by atoms with Gasteiger partial charge in [-0.25, -0.2) is 8.78 Å². The number of fused-ring (bicyclic) bond motifs is 1. The second-order valence-electron chi connectivity index (χ2n) is 7.05. The lowest BCUT2D eigenvalue weighted by atomic mass is 9.85. The minimum Gasteiger partial charge on any atom is -0.300 e. The fraction of sp³-hybridized carbons (Fsp3) is 0.474. The molecule has 0 N–H and O–H groups in total. The van der Waals surface area contributed by atoms with Crippen LogP contribution in [0.1, 0.15) is 31.9 Å². The summed E-state index contributed by atoms with van der Waals surface area (Å²) in [5.74, 6) is 0. The molecule has 0 aromatic heterocycles. The van der Waals surface area contributed by atoms with Crippen LogP contribution >= 0.6 is 0 Å². The quantitative estimate of drug-likeness (QED) is 0.761. The molecule has 0 aliphatic carbocycles. The molecule has 0 heterocycles. The molecule has 120 valence electrons. The lowest BCUT2D eigenvalue weighted by molar-refractivity contribution is 0.101. The first kappa shape index (κ1) is 16.9. The molecular weight excluding hydrogens is 280 g/mol. The summed E-state index contributed by atoms with van der Waals surface area (Å²) in [6.07, 6.45) is -1.48. The summed E-state index contributed by atoms with van der Waals surface area (Å²) in [7, 11) is 1.74. The largest absolute Gasteiger partial charge is 0.300 e. The molecule has 0 radical (unpaired) electrons. The third kappa shape index (κ3) is 4.51. The SMILES string of the molecule is CN(CCc1ccc2ccc(C(C)(C)C)cc2c1)CC(F)F. The Balaban J connectivity index is 2.15. The van der Waals surface area contributed by atoms with Crippen LogP contribution in [0.15, 0.2) is 36.4 Å². The second kappa shape index (κ2) is 6.74. The van der Waals surface area contributed by atoms with Crippen LogP contribution in [0.25, 0.3) is 10.8 Å². The summed E-state index contributed by atoms with van der Waals surface area (Å²) in [5, 5.41) is 2.44. The van der Waals surface area contributed by atoms with Gasteiger partial charge in [-0.15, -0.1) is 0 Å². The van der Waals surface area contributed by atoms with Gasteiger partial charge >= 0.3 is 0 Å². The maximum Gasteiger partial charge on any atom is 0.251 e. The van der Waals surface area contributed by atoms with Crippen LogP contribution in [-0.2, 0) is 11.8 Å². The van der Waals surface area contributed by atoms with Gasteiger partial charge in [-0.1, -0.05) is 57.2 Å². The molecule has 0 unspecified atom stereocenters. The second-order valence-corrected chi connectivity index (χ2v) is 7.05. The highest BCUT2D eigenvalue weighted by Crippen LogP contribution is 2.26. The smallest absolute Gasteiger partial charge is 0.251 e. The van der Waals surface area contributed by atoms with Crippen molar-refractivity contribution in [3.63, 3.8) is 0 Å². The van der Waals surface area contributed by atoms with Crippen molar-refractivity contribution < 1.29 is 8.78 Å². The summed E-state index contributed by atoms with van der Waals surface area (Å²) >= 11 is 0. The third-order valence-corrected chi connectivity index (χ3v) is 4.00. The Kier molecular flexibility index (Phi) is 5.17. The number of alkyl halides is 2. The van der Waals surface area contributed by atoms with Crippen molar-refractivity contribution >= 4 is 10.8 Å². The molecule has 0 fully saturated rings. The van der Waals surface area contributed by atoms with E-state index in [0.29, 0.717) is 6.54 Å². The molecule has 3 heteroatoms. The van der Waals surface area contributed by atoms with Crippen molar-refractivity contribution in [1.82, 2.24) is 4.90 Å². The standard InChI is InChI=1S/C19H25F2N/c1-19(2,3)17-8-7-15-6-5-14(11-16(15)12-17)9-10-22(4)13-18(20)21/h5-8,11-12,18H,9-10,13H2,1-4H3. The van der Waals surface area contributed by atoms with Crippen LogP contribution in [0.4, 0.5) is 8.78 Å². The van der Waals surface area contributed by atoms with E-state index in [1.807, 2.05) is 0 Å². The van der Waals surface area contributed by atoms with Crippen LogP contribution in [0, 0.1) is 0 Å². The van der Waals surface area contributed by atoms with E-state index in [-0.39, 0.29) is 12.0 Å². The lowest BCUT2D eigenvalue weighted by Crippen LogP contribution is -2.26. The van der Waals surface area contributed by atoms with Crippen LogP contribution in [0.5, 0.6) is 0 Å². The van der Waals surface area contributed by atoms with Gasteiger partial charge < -0.3 is 4.90 Å². The van der Waals surface area contributed by atoms with Gasteiger partial charge in [-0.2, -0.15) is 0 Å². The third-order valence-electron chi connectivity index (χ3n) is 4.00. The van der Waals surface area contributed by atoms with E-state index < -0.39 is 6.43 Å². The van der Waals surface area contributed by atoms with Gasteiger partial charge in [0.15, 0.2) is 0 Å². The maximum absolute atomic E-state index is 12.3. The summed E-state index contributed by atoms with van der Waals surface area (Å²) in [6, 6.07) is 13.0. The van der Waals surface area contributed by atoms with Crippen molar-refractivity contribution in [2.24, 2.45) is 0 Å². The number of halogens is 2. The van der Waals surface area contributed by atoms with E-state index in [2.05, 4.69) is 57.2 Å². The average molecular weight is 305 g/mol. The topological polar surface area (TPSA) is 3.24 Å². The van der Waals surface area contributed by atoms with Gasteiger partial charge in [0.05, 0.1) is 6.54 Å². The predicted octanol–water partition coefficient (Wildman–Crippen LogP) is 4.88. The molecule has 2 aromatic carbocycles. The molecule has 2 rings (SSSR count). The molecule has 0 aliphatic heterocycles. The van der Waals surface area contributed by atoms with Gasteiger partial charge in [0.25, 0.3) is 6.43 Å². The van der Waals surface area contributed by atoms with E-state index in [9.17, 15) is 8.78 Å². The zero-order chi connectivity index (χ0) is 16.3. The Morgan fingerprint density at radius 1 is 1.00 bits per heavy atom. The Labute approximate surface area is 131 Å². The fourth-order valence-electron chi connectivity index (χ4n) is 2.57. The van der Waals surface area contributed by atoms with Gasteiger partial charge in [0.2, 0.25) is 0 Å². The van der Waals surface area contributed by atoms with Crippen molar-refractivity contribution in [1.29, 1.82) is 0 Å². The fourth-order valence-corrected chi connectivity index (χ4v) is 2.57. The summed E-state index contributed by atoms with van der Waals surface area (Å²) in [4.78, 5) is 1.68. The molecule has 2 aromatic rings. The van der Waals surface area contributed by atoms with E-state index in [1.54, 1.807) is 11.9 Å². The molecule has 0 spiro atoms. The predicted molar refractivity (Wildman–Crippen MR) is 89.9 cm³/mol. The minimum absolute atomic E-state index is 0.127. The lowest BCUT2D eigenvalue weighted by Gasteiger charge is -2.20. The number of likely N-dealkylation sites (N-methyl/N-ethyl adjacent to an activating group) is 1. The molecule has 0 atom stereocenters. The molecule has 22 heavy (non-hydrogen) atoms. The van der Waals surface area contributed by atoms with Crippen LogP contribution in [0.2, 0.25) is 0 Å². The number of hydrogen-bond donors (Lipinski definition) is 0. The Hall–Kier alpha value is -1.48. The highest BCUT2D eigenvalue weighted by atomic mass is 19.3. The first-order valence-corrected chi connectivity index (χ1v) is 7.75. The van der Waals surface area contributed by atoms with Gasteiger partial charge in [-0.05, 0) is 40.8 Å². The molecule has 0 saturated heterocycles. The molecule has 0 amide bonds. The first-order chi connectivity index (χ1) is 10.3. The monoisotopic (exact) mass is 305 g/mol. The van der Waals surface area contributed by atoms with Gasteiger partial charge in [0.1, 0.15) is 0 Å². The van der Waals surface area contributed by atoms with Crippen molar-refractivity contribution in [3.8, 4) is 0 Å². The Morgan fingerprint density at radius 2 is 1.68 bits per heavy atom. The van der Waals surface area contributed by atoms with Gasteiger partial charge in [-0.3, -0.25) is 0 Å². The van der Waals surface area contributed by atoms with Crippen molar-refractivity contribution in [3.05, 3.63) is 47.5 Å². The zero-order valence-electron chi connectivity index (χ0n) is 13.9. The number of hydrogen-bond acceptors (Lipinski definition) is 1. The summed E-state index contributed by atoms with van der Waals surface area (Å²) in [6.45, 7) is 7.10. The Bertz CT molecular complexity index is 629. The number of rotatable bonds is 5. The van der Waals surface area contributed by atoms with Gasteiger partial charge in [0, 0.05) is 6.54 Å². The van der Waals surface area contributed by atoms with E-state index in [0.717, 1.165) is 6.42 Å². The van der Waals surface area contributed by atoms with Crippen LogP contribution in [0.3, 0.4) is 0 Å². The highest BCUT2D eigenvalue weighted by molar-refractivity contribution is 5.84. The Morgan fingerprint density at radius 3 is 2.32 bits per heavy atom. The summed E-state index contributed by atoms with van der Waals surface area (Å²) in [5.41, 5.74) is 2.63. The average Bonchev–Trinajstić information content (AvgIpc) is 2.42. The normalized spacial score (nSPS) is 12.5. The number of nitrogens with zero attached hydrogens (tertiary/aromatic N) is 1. The molecule has 1 nitrogen and oxygen atoms in total. The van der Waals surface area contributed by atoms with Crippen LogP contribution in [-0.4, -0.2) is 31.5 Å². The first-order valence-electron chi connectivity index (χ1n) is 7.75. The maximum atomic E-state index is 12.3. The van der Waals surface area contributed by atoms with Crippen molar-refractivity contribution in [2.45, 2.75) is 39.0 Å². The van der Waals surface area contributed by atoms with E-state index in [4.69, 9.17) is 0 Å². The minimum atomic E-state index is -2.27.